The van der Waals surface area contributed by atoms with E-state index in [1.54, 1.807) is 0 Å². The maximum atomic E-state index is 12.0. The van der Waals surface area contributed by atoms with E-state index in [9.17, 15) is 14.4 Å². The molecule has 0 radical (unpaired) electrons. The number of benzene rings is 1. The van der Waals surface area contributed by atoms with Gasteiger partial charge in [-0.05, 0) is 5.56 Å². The number of hydrogen-bond acceptors (Lipinski definition) is 6. The van der Waals surface area contributed by atoms with E-state index >= 15 is 0 Å². The van der Waals surface area contributed by atoms with Crippen LogP contribution in [-0.2, 0) is 22.5 Å². The second-order valence-electron chi connectivity index (χ2n) is 5.53. The zero-order valence-electron chi connectivity index (χ0n) is 13.6. The van der Waals surface area contributed by atoms with Gasteiger partial charge in [-0.25, -0.2) is 9.78 Å². The van der Waals surface area contributed by atoms with E-state index in [-0.39, 0.29) is 24.7 Å². The van der Waals surface area contributed by atoms with Crippen molar-refractivity contribution in [2.24, 2.45) is 0 Å². The highest BCUT2D eigenvalue weighted by Gasteiger charge is 2.29. The predicted octanol–water partition coefficient (Wildman–Crippen LogP) is 0.375. The number of amides is 2. The zero-order valence-corrected chi connectivity index (χ0v) is 13.6. The minimum atomic E-state index is -1.08. The summed E-state index contributed by atoms with van der Waals surface area (Å²) in [6.45, 7) is -0.185. The average Bonchev–Trinajstić information content (AvgIpc) is 2.98. The van der Waals surface area contributed by atoms with Crippen LogP contribution in [0.2, 0.25) is 0 Å². The number of carbonyl (C=O) groups excluding carboxylic acids is 2. The van der Waals surface area contributed by atoms with Crippen LogP contribution in [0.3, 0.4) is 0 Å². The van der Waals surface area contributed by atoms with Crippen LogP contribution in [0.5, 0.6) is 0 Å². The number of anilines is 1. The van der Waals surface area contributed by atoms with Gasteiger partial charge in [0.15, 0.2) is 12.0 Å². The highest BCUT2D eigenvalue weighted by molar-refractivity contribution is 5.99. The van der Waals surface area contributed by atoms with Gasteiger partial charge in [0.1, 0.15) is 12.4 Å². The van der Waals surface area contributed by atoms with E-state index in [2.05, 4.69) is 20.9 Å². The minimum Gasteiger partial charge on any atom is -0.480 e. The maximum Gasteiger partial charge on any atom is 0.410 e. The molecule has 2 aromatic rings. The molecule has 0 saturated heterocycles. The standard InChI is InChI=1S/C16H17N5O5/c22-11(23)8-21-9-17-12-13(21)18-15(19-14(12)24)20-16(25)26-7-6-10-4-2-1-3-5-10/h1-5,9,15,18H,6-8H2,(H,19,24)(H,20,25)(H,22,23). The van der Waals surface area contributed by atoms with Crippen LogP contribution in [0.25, 0.3) is 0 Å². The third-order valence-corrected chi connectivity index (χ3v) is 3.64. The van der Waals surface area contributed by atoms with Crippen LogP contribution in [0.15, 0.2) is 36.7 Å². The first-order chi connectivity index (χ1) is 12.5. The van der Waals surface area contributed by atoms with Crippen molar-refractivity contribution < 1.29 is 24.2 Å². The molecule has 2 heterocycles. The number of ether oxygens (including phenoxy) is 1. The number of hydrogen-bond donors (Lipinski definition) is 4. The Labute approximate surface area is 148 Å². The molecule has 1 aliphatic rings. The normalized spacial score (nSPS) is 15.4. The molecule has 1 aromatic carbocycles. The summed E-state index contributed by atoms with van der Waals surface area (Å²) in [6.07, 6.45) is 0.148. The van der Waals surface area contributed by atoms with Crippen LogP contribution in [-0.4, -0.2) is 45.5 Å². The fourth-order valence-corrected chi connectivity index (χ4v) is 2.48. The molecule has 10 heteroatoms. The molecule has 1 aliphatic heterocycles. The number of nitrogens with one attached hydrogen (secondary N) is 3. The molecule has 0 fully saturated rings. The Bertz CT molecular complexity index is 820. The van der Waals surface area contributed by atoms with Gasteiger partial charge in [0, 0.05) is 6.42 Å². The number of alkyl carbamates (subject to hydrolysis) is 1. The van der Waals surface area contributed by atoms with Crippen LogP contribution >= 0.6 is 0 Å². The molecule has 4 N–H and O–H groups in total. The van der Waals surface area contributed by atoms with Gasteiger partial charge in [-0.1, -0.05) is 30.3 Å². The smallest absolute Gasteiger partial charge is 0.410 e. The zero-order chi connectivity index (χ0) is 18.5. The summed E-state index contributed by atoms with van der Waals surface area (Å²) in [6, 6.07) is 9.55. The second-order valence-corrected chi connectivity index (χ2v) is 5.53. The van der Waals surface area contributed by atoms with E-state index in [1.165, 1.54) is 10.9 Å². The van der Waals surface area contributed by atoms with Crippen molar-refractivity contribution in [3.05, 3.63) is 47.9 Å². The van der Waals surface area contributed by atoms with Gasteiger partial charge >= 0.3 is 12.1 Å². The molecule has 0 aliphatic carbocycles. The first-order valence-electron chi connectivity index (χ1n) is 7.84. The quantitative estimate of drug-likeness (QED) is 0.585. The molecule has 0 saturated carbocycles. The number of carboxylic acids is 1. The molecule has 2 amide bonds. The van der Waals surface area contributed by atoms with E-state index in [4.69, 9.17) is 9.84 Å². The van der Waals surface area contributed by atoms with Crippen molar-refractivity contribution in [2.75, 3.05) is 11.9 Å². The molecule has 136 valence electrons. The summed E-state index contributed by atoms with van der Waals surface area (Å²) in [5.74, 6) is -1.40. The fraction of sp³-hybridized carbons (Fsp3) is 0.250. The molecule has 10 nitrogen and oxygen atoms in total. The van der Waals surface area contributed by atoms with Crippen LogP contribution in [0, 0.1) is 0 Å². The lowest BCUT2D eigenvalue weighted by Gasteiger charge is -2.26. The number of aliphatic carboxylic acids is 1. The summed E-state index contributed by atoms with van der Waals surface area (Å²) in [7, 11) is 0. The summed E-state index contributed by atoms with van der Waals surface area (Å²) in [5.41, 5.74) is 1.09. The van der Waals surface area contributed by atoms with Gasteiger partial charge in [-0.15, -0.1) is 0 Å². The second kappa shape index (κ2) is 7.55. The summed E-state index contributed by atoms with van der Waals surface area (Å²) in [5, 5.41) is 16.6. The Balaban J connectivity index is 1.54. The molecular weight excluding hydrogens is 342 g/mol. The number of fused-ring (bicyclic) bond motifs is 1. The number of carboxylic acid groups (broad SMARTS) is 1. The monoisotopic (exact) mass is 359 g/mol. The Hall–Kier alpha value is -3.56. The predicted molar refractivity (Wildman–Crippen MR) is 89.4 cm³/mol. The van der Waals surface area contributed by atoms with Gasteiger partial charge in [0.25, 0.3) is 5.91 Å². The lowest BCUT2D eigenvalue weighted by atomic mass is 10.2. The van der Waals surface area contributed by atoms with E-state index in [0.717, 1.165) is 5.56 Å². The molecule has 1 aromatic heterocycles. The first-order valence-corrected chi connectivity index (χ1v) is 7.84. The van der Waals surface area contributed by atoms with E-state index in [1.807, 2.05) is 30.3 Å². The molecule has 1 unspecified atom stereocenters. The lowest BCUT2D eigenvalue weighted by molar-refractivity contribution is -0.137. The fourth-order valence-electron chi connectivity index (χ4n) is 2.48. The molecule has 1 atom stereocenters. The Kier molecular flexibility index (Phi) is 5.02. The Morgan fingerprint density at radius 1 is 1.27 bits per heavy atom. The van der Waals surface area contributed by atoms with Crippen molar-refractivity contribution in [2.45, 2.75) is 19.3 Å². The first kappa shape index (κ1) is 17.3. The largest absolute Gasteiger partial charge is 0.480 e. The number of rotatable bonds is 6. The third-order valence-electron chi connectivity index (χ3n) is 3.64. The van der Waals surface area contributed by atoms with Crippen molar-refractivity contribution in [3.8, 4) is 0 Å². The number of nitrogens with zero attached hydrogens (tertiary/aromatic N) is 2. The highest BCUT2D eigenvalue weighted by atomic mass is 16.5. The van der Waals surface area contributed by atoms with E-state index < -0.39 is 24.3 Å². The average molecular weight is 359 g/mol. The van der Waals surface area contributed by atoms with Gasteiger partial charge in [0.2, 0.25) is 0 Å². The van der Waals surface area contributed by atoms with Gasteiger partial charge in [0.05, 0.1) is 12.9 Å². The summed E-state index contributed by atoms with van der Waals surface area (Å²) in [4.78, 5) is 38.6. The minimum absolute atomic E-state index is 0.0572. The molecule has 26 heavy (non-hydrogen) atoms. The Morgan fingerprint density at radius 2 is 2.04 bits per heavy atom. The summed E-state index contributed by atoms with van der Waals surface area (Å²) >= 11 is 0. The van der Waals surface area contributed by atoms with Gasteiger partial charge in [-0.2, -0.15) is 0 Å². The van der Waals surface area contributed by atoms with Gasteiger partial charge < -0.3 is 25.0 Å². The number of imidazole rings is 1. The van der Waals surface area contributed by atoms with Crippen LogP contribution in [0.4, 0.5) is 10.6 Å². The Morgan fingerprint density at radius 3 is 2.77 bits per heavy atom. The molecule has 0 bridgehead atoms. The molecular formula is C16H17N5O5. The SMILES string of the molecule is O=C(O)Cn1cnc2c1NC(NC(=O)OCCc1ccccc1)NC2=O. The molecule has 3 rings (SSSR count). The number of aromatic nitrogens is 2. The highest BCUT2D eigenvalue weighted by Crippen LogP contribution is 2.18. The summed E-state index contributed by atoms with van der Waals surface area (Å²) < 4.78 is 6.36. The third kappa shape index (κ3) is 4.09. The molecule has 0 spiro atoms. The van der Waals surface area contributed by atoms with Crippen molar-refractivity contribution in [1.82, 2.24) is 20.2 Å². The van der Waals surface area contributed by atoms with Crippen molar-refractivity contribution in [3.63, 3.8) is 0 Å². The van der Waals surface area contributed by atoms with Gasteiger partial charge in [-0.3, -0.25) is 14.9 Å². The van der Waals surface area contributed by atoms with Crippen LogP contribution < -0.4 is 16.0 Å². The van der Waals surface area contributed by atoms with E-state index in [0.29, 0.717) is 6.42 Å². The number of carbonyl (C=O) groups is 3. The topological polar surface area (TPSA) is 135 Å². The van der Waals surface area contributed by atoms with Crippen LogP contribution in [0.1, 0.15) is 16.1 Å². The maximum absolute atomic E-state index is 12.0. The van der Waals surface area contributed by atoms with Crippen molar-refractivity contribution >= 4 is 23.8 Å². The lowest BCUT2D eigenvalue weighted by Crippen LogP contribution is -2.56. The van der Waals surface area contributed by atoms with Crippen molar-refractivity contribution in [1.29, 1.82) is 0 Å².